The van der Waals surface area contributed by atoms with Gasteiger partial charge >= 0.3 is 5.97 Å². The summed E-state index contributed by atoms with van der Waals surface area (Å²) in [6, 6.07) is 4.71. The van der Waals surface area contributed by atoms with E-state index in [1.165, 1.54) is 7.11 Å². The van der Waals surface area contributed by atoms with Crippen LogP contribution in [-0.4, -0.2) is 38.0 Å². The molecule has 0 saturated carbocycles. The fourth-order valence-corrected chi connectivity index (χ4v) is 1.70. The molecule has 2 amide bonds. The molecule has 0 aliphatic carbocycles. The van der Waals surface area contributed by atoms with Crippen molar-refractivity contribution in [2.24, 2.45) is 0 Å². The summed E-state index contributed by atoms with van der Waals surface area (Å²) in [5, 5.41) is 5.23. The molecule has 2 N–H and O–H groups in total. The Morgan fingerprint density at radius 3 is 3.00 bits per heavy atom. The molecule has 1 heterocycles. The van der Waals surface area contributed by atoms with Crippen molar-refractivity contribution < 1.29 is 23.9 Å². The molecule has 0 unspecified atom stereocenters. The van der Waals surface area contributed by atoms with Crippen LogP contribution in [0.5, 0.6) is 5.75 Å². The van der Waals surface area contributed by atoms with E-state index in [-0.39, 0.29) is 37.4 Å². The Kier molecular flexibility index (Phi) is 4.19. The van der Waals surface area contributed by atoms with Crippen molar-refractivity contribution in [1.29, 1.82) is 0 Å². The van der Waals surface area contributed by atoms with Crippen LogP contribution in [0, 0.1) is 0 Å². The molecule has 7 nitrogen and oxygen atoms in total. The molecule has 1 aliphatic rings. The van der Waals surface area contributed by atoms with Gasteiger partial charge in [-0.3, -0.25) is 14.4 Å². The van der Waals surface area contributed by atoms with E-state index in [2.05, 4.69) is 15.4 Å². The van der Waals surface area contributed by atoms with Crippen molar-refractivity contribution in [3.05, 3.63) is 23.8 Å². The highest BCUT2D eigenvalue weighted by atomic mass is 16.5. The van der Waals surface area contributed by atoms with Gasteiger partial charge in [-0.05, 0) is 18.2 Å². The number of hydrogen-bond acceptors (Lipinski definition) is 5. The van der Waals surface area contributed by atoms with Crippen LogP contribution in [0.1, 0.15) is 16.8 Å². The van der Waals surface area contributed by atoms with E-state index in [0.29, 0.717) is 17.0 Å². The number of benzene rings is 1. The zero-order chi connectivity index (χ0) is 14.5. The third kappa shape index (κ3) is 3.25. The van der Waals surface area contributed by atoms with Crippen molar-refractivity contribution in [1.82, 2.24) is 5.32 Å². The van der Waals surface area contributed by atoms with E-state index in [9.17, 15) is 14.4 Å². The number of carbonyl (C=O) groups is 3. The van der Waals surface area contributed by atoms with Gasteiger partial charge in [-0.2, -0.15) is 0 Å². The second-order valence-corrected chi connectivity index (χ2v) is 4.13. The molecule has 0 fully saturated rings. The lowest BCUT2D eigenvalue weighted by Crippen LogP contribution is -2.28. The molecule has 1 aliphatic heterocycles. The summed E-state index contributed by atoms with van der Waals surface area (Å²) in [6.45, 7) is 0.126. The normalized spacial score (nSPS) is 12.8. The maximum Gasteiger partial charge on any atom is 0.307 e. The zero-order valence-corrected chi connectivity index (χ0v) is 10.9. The summed E-state index contributed by atoms with van der Waals surface area (Å²) in [7, 11) is 1.29. The van der Waals surface area contributed by atoms with Crippen LogP contribution in [0.4, 0.5) is 5.69 Å². The topological polar surface area (TPSA) is 93.7 Å². The first-order valence-electron chi connectivity index (χ1n) is 6.02. The van der Waals surface area contributed by atoms with E-state index in [0.717, 1.165) is 0 Å². The largest absolute Gasteiger partial charge is 0.482 e. The molecule has 106 valence electrons. The molecule has 0 aromatic heterocycles. The second-order valence-electron chi connectivity index (χ2n) is 4.13. The lowest BCUT2D eigenvalue weighted by Gasteiger charge is -2.18. The molecule has 20 heavy (non-hydrogen) atoms. The van der Waals surface area contributed by atoms with Gasteiger partial charge in [0.25, 0.3) is 11.8 Å². The van der Waals surface area contributed by atoms with Crippen LogP contribution >= 0.6 is 0 Å². The van der Waals surface area contributed by atoms with Gasteiger partial charge in [0.2, 0.25) is 0 Å². The first-order valence-corrected chi connectivity index (χ1v) is 6.02. The van der Waals surface area contributed by atoms with E-state index in [4.69, 9.17) is 4.74 Å². The number of anilines is 1. The predicted molar refractivity (Wildman–Crippen MR) is 69.5 cm³/mol. The molecule has 2 rings (SSSR count). The number of esters is 1. The van der Waals surface area contributed by atoms with E-state index >= 15 is 0 Å². The standard InChI is InChI=1S/C13H14N2O5/c1-19-12(17)4-5-14-13(18)8-2-3-9-10(6-8)20-7-11(16)15-9/h2-3,6H,4-5,7H2,1H3,(H,14,18)(H,15,16). The molecule has 7 heteroatoms. The highest BCUT2D eigenvalue weighted by molar-refractivity contribution is 5.99. The lowest BCUT2D eigenvalue weighted by molar-refractivity contribution is -0.140. The van der Waals surface area contributed by atoms with E-state index in [1.54, 1.807) is 18.2 Å². The number of ether oxygens (including phenoxy) is 2. The van der Waals surface area contributed by atoms with Gasteiger partial charge in [0.05, 0.1) is 19.2 Å². The molecule has 0 atom stereocenters. The van der Waals surface area contributed by atoms with Crippen LogP contribution in [-0.2, 0) is 14.3 Å². The molecule has 0 spiro atoms. The Balaban J connectivity index is 1.97. The van der Waals surface area contributed by atoms with Gasteiger partial charge in [-0.25, -0.2) is 0 Å². The fraction of sp³-hybridized carbons (Fsp3) is 0.308. The first kappa shape index (κ1) is 13.9. The van der Waals surface area contributed by atoms with E-state index in [1.807, 2.05) is 0 Å². The number of carbonyl (C=O) groups excluding carboxylic acids is 3. The van der Waals surface area contributed by atoms with Crippen molar-refractivity contribution in [3.8, 4) is 5.75 Å². The summed E-state index contributed by atoms with van der Waals surface area (Å²) in [5.41, 5.74) is 0.928. The summed E-state index contributed by atoms with van der Waals surface area (Å²) < 4.78 is 9.69. The van der Waals surface area contributed by atoms with Gasteiger partial charge < -0.3 is 20.1 Å². The Morgan fingerprint density at radius 1 is 1.45 bits per heavy atom. The Labute approximate surface area is 115 Å². The van der Waals surface area contributed by atoms with Gasteiger partial charge in [-0.1, -0.05) is 0 Å². The third-order valence-corrected chi connectivity index (χ3v) is 2.72. The maximum absolute atomic E-state index is 11.9. The summed E-state index contributed by atoms with van der Waals surface area (Å²) in [5.74, 6) is -0.489. The average Bonchev–Trinajstić information content (AvgIpc) is 2.46. The highest BCUT2D eigenvalue weighted by Crippen LogP contribution is 2.28. The second kappa shape index (κ2) is 6.05. The van der Waals surface area contributed by atoms with Crippen molar-refractivity contribution >= 4 is 23.5 Å². The summed E-state index contributed by atoms with van der Waals surface area (Å²) >= 11 is 0. The van der Waals surface area contributed by atoms with E-state index < -0.39 is 0 Å². The number of fused-ring (bicyclic) bond motifs is 1. The molecular weight excluding hydrogens is 264 g/mol. The molecule has 0 saturated heterocycles. The van der Waals surface area contributed by atoms with Gasteiger partial charge in [-0.15, -0.1) is 0 Å². The molecule has 1 aromatic rings. The number of amides is 2. The van der Waals surface area contributed by atoms with Crippen molar-refractivity contribution in [2.75, 3.05) is 25.6 Å². The van der Waals surface area contributed by atoms with Crippen LogP contribution in [0.15, 0.2) is 18.2 Å². The van der Waals surface area contributed by atoms with Gasteiger partial charge in [0.15, 0.2) is 6.61 Å². The smallest absolute Gasteiger partial charge is 0.307 e. The SMILES string of the molecule is COC(=O)CCNC(=O)c1ccc2c(c1)OCC(=O)N2. The Bertz CT molecular complexity index is 556. The van der Waals surface area contributed by atoms with Crippen molar-refractivity contribution in [3.63, 3.8) is 0 Å². The predicted octanol–water partition coefficient (Wildman–Crippen LogP) is 0.310. The molecular formula is C13H14N2O5. The van der Waals surface area contributed by atoms with Gasteiger partial charge in [0, 0.05) is 12.1 Å². The number of hydrogen-bond donors (Lipinski definition) is 2. The minimum Gasteiger partial charge on any atom is -0.482 e. The molecule has 0 bridgehead atoms. The minimum absolute atomic E-state index is 0.0690. The van der Waals surface area contributed by atoms with Gasteiger partial charge in [0.1, 0.15) is 5.75 Å². The minimum atomic E-state index is -0.387. The highest BCUT2D eigenvalue weighted by Gasteiger charge is 2.17. The van der Waals surface area contributed by atoms with Crippen LogP contribution in [0.3, 0.4) is 0 Å². The van der Waals surface area contributed by atoms with Crippen molar-refractivity contribution in [2.45, 2.75) is 6.42 Å². The monoisotopic (exact) mass is 278 g/mol. The summed E-state index contributed by atoms with van der Waals surface area (Å²) in [4.78, 5) is 33.9. The number of nitrogens with one attached hydrogen (secondary N) is 2. The quantitative estimate of drug-likeness (QED) is 0.773. The Hall–Kier alpha value is -2.57. The Morgan fingerprint density at radius 2 is 2.25 bits per heavy atom. The van der Waals surface area contributed by atoms with Crippen LogP contribution in [0.2, 0.25) is 0 Å². The maximum atomic E-state index is 11.9. The molecule has 1 aromatic carbocycles. The zero-order valence-electron chi connectivity index (χ0n) is 10.9. The van der Waals surface area contributed by atoms with Crippen LogP contribution in [0.25, 0.3) is 0 Å². The third-order valence-electron chi connectivity index (χ3n) is 2.72. The number of methoxy groups -OCH3 is 1. The average molecular weight is 278 g/mol. The summed E-state index contributed by atoms with van der Waals surface area (Å²) in [6.07, 6.45) is 0.111. The molecule has 0 radical (unpaired) electrons. The first-order chi connectivity index (χ1) is 9.60. The lowest BCUT2D eigenvalue weighted by atomic mass is 10.1. The van der Waals surface area contributed by atoms with Crippen LogP contribution < -0.4 is 15.4 Å². The number of rotatable bonds is 4. The fourth-order valence-electron chi connectivity index (χ4n) is 1.70.